The first-order chi connectivity index (χ1) is 9.86. The Labute approximate surface area is 122 Å². The number of rotatable bonds is 3. The van der Waals surface area contributed by atoms with Crippen LogP contribution in [-0.2, 0) is 0 Å². The molecule has 0 aliphatic rings. The molecule has 0 bridgehead atoms. The predicted octanol–water partition coefficient (Wildman–Crippen LogP) is 4.34. The van der Waals surface area contributed by atoms with E-state index in [4.69, 9.17) is 0 Å². The van der Waals surface area contributed by atoms with Crippen LogP contribution in [-0.4, -0.2) is 7.05 Å². The summed E-state index contributed by atoms with van der Waals surface area (Å²) in [6, 6.07) is 4.89. The number of hydrogen-bond donors (Lipinski definition) is 1. The molecule has 0 amide bonds. The highest BCUT2D eigenvalue weighted by Gasteiger charge is 2.25. The lowest BCUT2D eigenvalue weighted by Gasteiger charge is -2.22. The van der Waals surface area contributed by atoms with E-state index in [1.807, 2.05) is 0 Å². The van der Waals surface area contributed by atoms with Crippen molar-refractivity contribution in [2.45, 2.75) is 26.8 Å². The van der Waals surface area contributed by atoms with Gasteiger partial charge in [-0.3, -0.25) is 0 Å². The molecule has 0 aliphatic heterocycles. The second kappa shape index (κ2) is 5.90. The molecule has 112 valence electrons. The fourth-order valence-electron chi connectivity index (χ4n) is 2.67. The van der Waals surface area contributed by atoms with Crippen LogP contribution >= 0.6 is 0 Å². The van der Waals surface area contributed by atoms with Crippen LogP contribution in [0.15, 0.2) is 24.3 Å². The molecule has 1 N–H and O–H groups in total. The third kappa shape index (κ3) is 2.81. The molecule has 0 saturated carbocycles. The molecule has 0 saturated heterocycles. The van der Waals surface area contributed by atoms with Crippen LogP contribution in [0.5, 0.6) is 0 Å². The molecule has 0 spiro atoms. The van der Waals surface area contributed by atoms with E-state index < -0.39 is 23.5 Å². The Kier molecular flexibility index (Phi) is 4.37. The Morgan fingerprint density at radius 2 is 1.52 bits per heavy atom. The quantitative estimate of drug-likeness (QED) is 0.887. The third-order valence-electron chi connectivity index (χ3n) is 3.67. The number of nitrogens with one attached hydrogen (secondary N) is 1. The van der Waals surface area contributed by atoms with Gasteiger partial charge in [0, 0.05) is 11.1 Å². The van der Waals surface area contributed by atoms with Gasteiger partial charge in [0.05, 0.1) is 6.04 Å². The second-order valence-electron chi connectivity index (χ2n) is 5.29. The minimum Gasteiger partial charge on any atom is -0.309 e. The first kappa shape index (κ1) is 15.6. The fraction of sp³-hybridized carbons (Fsp3) is 0.294. The standard InChI is InChI=1S/C17H18F3N/c1-9-7-11(3)14(13(19)8-9)17(21-4)15-12(18)6-5-10(2)16(15)20/h5-8,17,21H,1-4H3. The number of halogens is 3. The zero-order chi connectivity index (χ0) is 15.7. The summed E-state index contributed by atoms with van der Waals surface area (Å²) in [5, 5.41) is 2.82. The van der Waals surface area contributed by atoms with Gasteiger partial charge >= 0.3 is 0 Å². The molecule has 1 unspecified atom stereocenters. The van der Waals surface area contributed by atoms with Crippen molar-refractivity contribution in [3.05, 3.63) is 69.5 Å². The minimum atomic E-state index is -0.870. The summed E-state index contributed by atoms with van der Waals surface area (Å²) in [4.78, 5) is 0. The molecular weight excluding hydrogens is 275 g/mol. The van der Waals surface area contributed by atoms with Crippen molar-refractivity contribution < 1.29 is 13.2 Å². The fourth-order valence-corrected chi connectivity index (χ4v) is 2.67. The Bertz CT molecular complexity index is 657. The van der Waals surface area contributed by atoms with Crippen molar-refractivity contribution in [1.82, 2.24) is 5.32 Å². The van der Waals surface area contributed by atoms with Crippen molar-refractivity contribution in [1.29, 1.82) is 0 Å². The van der Waals surface area contributed by atoms with E-state index in [-0.39, 0.29) is 11.1 Å². The van der Waals surface area contributed by atoms with Crippen LogP contribution in [0, 0.1) is 38.2 Å². The summed E-state index contributed by atoms with van der Waals surface area (Å²) >= 11 is 0. The monoisotopic (exact) mass is 293 g/mol. The van der Waals surface area contributed by atoms with Crippen LogP contribution in [0.2, 0.25) is 0 Å². The summed E-state index contributed by atoms with van der Waals surface area (Å²) < 4.78 is 42.7. The van der Waals surface area contributed by atoms with Crippen molar-refractivity contribution in [3.63, 3.8) is 0 Å². The summed E-state index contributed by atoms with van der Waals surface area (Å²) in [5.41, 5.74) is 1.88. The zero-order valence-electron chi connectivity index (χ0n) is 12.5. The molecule has 2 aromatic rings. The summed E-state index contributed by atoms with van der Waals surface area (Å²) in [7, 11) is 1.56. The second-order valence-corrected chi connectivity index (χ2v) is 5.29. The Morgan fingerprint density at radius 3 is 2.10 bits per heavy atom. The Hall–Kier alpha value is -1.81. The van der Waals surface area contributed by atoms with Crippen LogP contribution in [0.25, 0.3) is 0 Å². The van der Waals surface area contributed by atoms with Crippen LogP contribution < -0.4 is 5.32 Å². The maximum atomic E-state index is 14.3. The molecule has 0 radical (unpaired) electrons. The average molecular weight is 293 g/mol. The predicted molar refractivity (Wildman–Crippen MR) is 77.9 cm³/mol. The van der Waals surface area contributed by atoms with Gasteiger partial charge in [0.25, 0.3) is 0 Å². The molecule has 4 heteroatoms. The van der Waals surface area contributed by atoms with Crippen LogP contribution in [0.1, 0.15) is 33.9 Å². The minimum absolute atomic E-state index is 0.150. The van der Waals surface area contributed by atoms with Crippen molar-refractivity contribution in [3.8, 4) is 0 Å². The Balaban J connectivity index is 2.69. The normalized spacial score (nSPS) is 12.5. The van der Waals surface area contributed by atoms with Crippen LogP contribution in [0.4, 0.5) is 13.2 Å². The molecular formula is C17H18F3N. The maximum Gasteiger partial charge on any atom is 0.134 e. The smallest absolute Gasteiger partial charge is 0.134 e. The highest BCUT2D eigenvalue weighted by Crippen LogP contribution is 2.32. The third-order valence-corrected chi connectivity index (χ3v) is 3.67. The van der Waals surface area contributed by atoms with E-state index in [2.05, 4.69) is 5.32 Å². The first-order valence-electron chi connectivity index (χ1n) is 6.75. The lowest BCUT2D eigenvalue weighted by Crippen LogP contribution is -2.23. The summed E-state index contributed by atoms with van der Waals surface area (Å²) in [6.07, 6.45) is 0. The topological polar surface area (TPSA) is 12.0 Å². The maximum absolute atomic E-state index is 14.3. The Morgan fingerprint density at radius 1 is 0.857 bits per heavy atom. The van der Waals surface area contributed by atoms with Gasteiger partial charge in [-0.25, -0.2) is 13.2 Å². The number of hydrogen-bond acceptors (Lipinski definition) is 1. The zero-order valence-corrected chi connectivity index (χ0v) is 12.5. The molecule has 1 atom stereocenters. The van der Waals surface area contributed by atoms with E-state index in [0.717, 1.165) is 5.56 Å². The van der Waals surface area contributed by atoms with Crippen LogP contribution in [0.3, 0.4) is 0 Å². The summed E-state index contributed by atoms with van der Waals surface area (Å²) in [5.74, 6) is -1.79. The van der Waals surface area contributed by atoms with Crippen molar-refractivity contribution in [2.24, 2.45) is 0 Å². The highest BCUT2D eigenvalue weighted by molar-refractivity contribution is 5.42. The lowest BCUT2D eigenvalue weighted by molar-refractivity contribution is 0.502. The summed E-state index contributed by atoms with van der Waals surface area (Å²) in [6.45, 7) is 5.08. The van der Waals surface area contributed by atoms with E-state index in [1.165, 1.54) is 18.2 Å². The van der Waals surface area contributed by atoms with E-state index in [1.54, 1.807) is 33.9 Å². The molecule has 1 nitrogen and oxygen atoms in total. The number of benzene rings is 2. The average Bonchev–Trinajstić information content (AvgIpc) is 2.40. The first-order valence-corrected chi connectivity index (χ1v) is 6.75. The van der Waals surface area contributed by atoms with Gasteiger partial charge in [0.15, 0.2) is 0 Å². The van der Waals surface area contributed by atoms with Gasteiger partial charge in [-0.2, -0.15) is 0 Å². The highest BCUT2D eigenvalue weighted by atomic mass is 19.1. The van der Waals surface area contributed by atoms with Gasteiger partial charge in [-0.15, -0.1) is 0 Å². The van der Waals surface area contributed by atoms with Crippen molar-refractivity contribution in [2.75, 3.05) is 7.05 Å². The molecule has 2 aromatic carbocycles. The largest absolute Gasteiger partial charge is 0.309 e. The van der Waals surface area contributed by atoms with E-state index in [0.29, 0.717) is 11.1 Å². The molecule has 0 aromatic heterocycles. The van der Waals surface area contributed by atoms with Gasteiger partial charge in [0.1, 0.15) is 17.5 Å². The van der Waals surface area contributed by atoms with Gasteiger partial charge in [0.2, 0.25) is 0 Å². The van der Waals surface area contributed by atoms with Gasteiger partial charge in [-0.05, 0) is 56.6 Å². The van der Waals surface area contributed by atoms with Crippen molar-refractivity contribution >= 4 is 0 Å². The molecule has 0 aliphatic carbocycles. The SMILES string of the molecule is CNC(c1c(C)cc(C)cc1F)c1c(F)ccc(C)c1F. The van der Waals surface area contributed by atoms with E-state index >= 15 is 0 Å². The molecule has 21 heavy (non-hydrogen) atoms. The van der Waals surface area contributed by atoms with E-state index in [9.17, 15) is 13.2 Å². The molecule has 2 rings (SSSR count). The van der Waals surface area contributed by atoms with Gasteiger partial charge in [-0.1, -0.05) is 12.1 Å². The lowest BCUT2D eigenvalue weighted by atomic mass is 9.91. The van der Waals surface area contributed by atoms with Gasteiger partial charge < -0.3 is 5.32 Å². The molecule has 0 fully saturated rings. The molecule has 0 heterocycles. The number of aryl methyl sites for hydroxylation is 3.